The van der Waals surface area contributed by atoms with Crippen LogP contribution in [-0.4, -0.2) is 49.0 Å². The van der Waals surface area contributed by atoms with Crippen molar-refractivity contribution in [1.82, 2.24) is 20.4 Å². The number of carbonyl (C=O) groups excluding carboxylic acids is 1. The van der Waals surface area contributed by atoms with Crippen LogP contribution < -0.4 is 10.6 Å². The van der Waals surface area contributed by atoms with E-state index >= 15 is 0 Å². The SMILES string of the molecule is COCC1(CNC(=O)C2CCc3cnn(C)c3C2)CCNCC1. The molecule has 6 nitrogen and oxygen atoms in total. The number of fused-ring (bicyclic) bond motifs is 1. The van der Waals surface area contributed by atoms with Gasteiger partial charge in [-0.15, -0.1) is 0 Å². The molecule has 1 aliphatic carbocycles. The van der Waals surface area contributed by atoms with Crippen LogP contribution in [0.4, 0.5) is 0 Å². The number of hydrogen-bond donors (Lipinski definition) is 2. The zero-order valence-electron chi connectivity index (χ0n) is 14.2. The Morgan fingerprint density at radius 3 is 3.04 bits per heavy atom. The van der Waals surface area contributed by atoms with E-state index in [2.05, 4.69) is 15.7 Å². The van der Waals surface area contributed by atoms with E-state index < -0.39 is 0 Å². The summed E-state index contributed by atoms with van der Waals surface area (Å²) in [5, 5.41) is 10.9. The highest BCUT2D eigenvalue weighted by Gasteiger charge is 2.34. The summed E-state index contributed by atoms with van der Waals surface area (Å²) in [5.41, 5.74) is 2.60. The van der Waals surface area contributed by atoms with Crippen LogP contribution in [0.15, 0.2) is 6.20 Å². The van der Waals surface area contributed by atoms with Gasteiger partial charge in [0.2, 0.25) is 5.91 Å². The number of piperidine rings is 1. The fourth-order valence-corrected chi connectivity index (χ4v) is 3.92. The smallest absolute Gasteiger partial charge is 0.223 e. The molecule has 1 aromatic heterocycles. The largest absolute Gasteiger partial charge is 0.384 e. The van der Waals surface area contributed by atoms with Crippen molar-refractivity contribution < 1.29 is 9.53 Å². The molecule has 0 bridgehead atoms. The zero-order chi connectivity index (χ0) is 16.3. The fraction of sp³-hybridized carbons (Fsp3) is 0.765. The second-order valence-electron chi connectivity index (χ2n) is 7.08. The lowest BCUT2D eigenvalue weighted by Gasteiger charge is -2.37. The van der Waals surface area contributed by atoms with Crippen LogP contribution in [0.3, 0.4) is 0 Å². The Kier molecular flexibility index (Phi) is 5.02. The van der Waals surface area contributed by atoms with Crippen LogP contribution >= 0.6 is 0 Å². The van der Waals surface area contributed by atoms with Crippen LogP contribution in [0, 0.1) is 11.3 Å². The van der Waals surface area contributed by atoms with E-state index in [0.717, 1.165) is 51.7 Å². The summed E-state index contributed by atoms with van der Waals surface area (Å²) in [6.07, 6.45) is 6.72. The van der Waals surface area contributed by atoms with Gasteiger partial charge in [0.15, 0.2) is 0 Å². The van der Waals surface area contributed by atoms with Crippen LogP contribution in [0.25, 0.3) is 0 Å². The summed E-state index contributed by atoms with van der Waals surface area (Å²) < 4.78 is 7.33. The molecule has 1 amide bonds. The summed E-state index contributed by atoms with van der Waals surface area (Å²) in [6, 6.07) is 0. The normalized spacial score (nSPS) is 23.3. The topological polar surface area (TPSA) is 68.2 Å². The van der Waals surface area contributed by atoms with Gasteiger partial charge < -0.3 is 15.4 Å². The fourth-order valence-electron chi connectivity index (χ4n) is 3.92. The Bertz CT molecular complexity index is 543. The van der Waals surface area contributed by atoms with Crippen molar-refractivity contribution in [2.24, 2.45) is 18.4 Å². The first-order valence-electron chi connectivity index (χ1n) is 8.61. The molecule has 1 fully saturated rings. The third kappa shape index (κ3) is 3.58. The van der Waals surface area contributed by atoms with Gasteiger partial charge in [-0.3, -0.25) is 9.48 Å². The second-order valence-corrected chi connectivity index (χ2v) is 7.08. The quantitative estimate of drug-likeness (QED) is 0.836. The standard InChI is InChI=1S/C17H28N4O2/c1-21-15-9-13(3-4-14(15)10-20-21)16(22)19-11-17(12-23-2)5-7-18-8-6-17/h10,13,18H,3-9,11-12H2,1-2H3,(H,19,22). The molecule has 2 N–H and O–H groups in total. The number of aryl methyl sites for hydroxylation is 2. The number of hydrogen-bond acceptors (Lipinski definition) is 4. The Morgan fingerprint density at radius 1 is 1.52 bits per heavy atom. The van der Waals surface area contributed by atoms with Gasteiger partial charge in [0.1, 0.15) is 0 Å². The Labute approximate surface area is 138 Å². The maximum atomic E-state index is 12.6. The van der Waals surface area contributed by atoms with Gasteiger partial charge in [-0.25, -0.2) is 0 Å². The molecule has 6 heteroatoms. The van der Waals surface area contributed by atoms with E-state index in [1.165, 1.54) is 11.3 Å². The summed E-state index contributed by atoms with van der Waals surface area (Å²) in [7, 11) is 3.71. The molecule has 3 rings (SSSR count). The van der Waals surface area contributed by atoms with Crippen molar-refractivity contribution >= 4 is 5.91 Å². The minimum Gasteiger partial charge on any atom is -0.384 e. The van der Waals surface area contributed by atoms with Crippen molar-refractivity contribution in [3.8, 4) is 0 Å². The van der Waals surface area contributed by atoms with E-state index in [4.69, 9.17) is 4.74 Å². The number of nitrogens with one attached hydrogen (secondary N) is 2. The zero-order valence-corrected chi connectivity index (χ0v) is 14.2. The summed E-state index contributed by atoms with van der Waals surface area (Å²) in [6.45, 7) is 3.43. The molecule has 1 aliphatic heterocycles. The molecule has 1 unspecified atom stereocenters. The van der Waals surface area contributed by atoms with Gasteiger partial charge in [0.25, 0.3) is 0 Å². The van der Waals surface area contributed by atoms with Gasteiger partial charge in [0.05, 0.1) is 12.8 Å². The first-order valence-corrected chi connectivity index (χ1v) is 8.61. The van der Waals surface area contributed by atoms with Crippen molar-refractivity contribution in [2.75, 3.05) is 33.4 Å². The van der Waals surface area contributed by atoms with Crippen molar-refractivity contribution in [1.29, 1.82) is 0 Å². The number of amides is 1. The number of nitrogens with zero attached hydrogens (tertiary/aromatic N) is 2. The predicted molar refractivity (Wildman–Crippen MR) is 88.1 cm³/mol. The molecular formula is C17H28N4O2. The Balaban J connectivity index is 1.58. The predicted octanol–water partition coefficient (Wildman–Crippen LogP) is 0.657. The van der Waals surface area contributed by atoms with Gasteiger partial charge in [0, 0.05) is 44.1 Å². The molecule has 1 saturated heterocycles. The number of ether oxygens (including phenoxy) is 1. The molecule has 2 heterocycles. The van der Waals surface area contributed by atoms with E-state index in [0.29, 0.717) is 6.61 Å². The average Bonchev–Trinajstić information content (AvgIpc) is 2.95. The highest BCUT2D eigenvalue weighted by atomic mass is 16.5. The number of carbonyl (C=O) groups is 1. The van der Waals surface area contributed by atoms with Crippen LogP contribution in [0.5, 0.6) is 0 Å². The lowest BCUT2D eigenvalue weighted by molar-refractivity contribution is -0.126. The average molecular weight is 320 g/mol. The summed E-state index contributed by atoms with van der Waals surface area (Å²) in [4.78, 5) is 12.6. The first-order chi connectivity index (χ1) is 11.1. The minimum absolute atomic E-state index is 0.0687. The molecular weight excluding hydrogens is 292 g/mol. The van der Waals surface area contributed by atoms with Crippen LogP contribution in [-0.2, 0) is 29.4 Å². The molecule has 0 radical (unpaired) electrons. The highest BCUT2D eigenvalue weighted by molar-refractivity contribution is 5.79. The summed E-state index contributed by atoms with van der Waals surface area (Å²) >= 11 is 0. The van der Waals surface area contributed by atoms with E-state index in [-0.39, 0.29) is 17.2 Å². The molecule has 1 atom stereocenters. The lowest BCUT2D eigenvalue weighted by Crippen LogP contribution is -2.48. The maximum Gasteiger partial charge on any atom is 0.223 e. The van der Waals surface area contributed by atoms with E-state index in [9.17, 15) is 4.79 Å². The molecule has 0 saturated carbocycles. The summed E-state index contributed by atoms with van der Waals surface area (Å²) in [5.74, 6) is 0.255. The van der Waals surface area contributed by atoms with Crippen LogP contribution in [0.2, 0.25) is 0 Å². The number of aromatic nitrogens is 2. The molecule has 0 aromatic carbocycles. The van der Waals surface area contributed by atoms with Gasteiger partial charge in [-0.2, -0.15) is 5.10 Å². The third-order valence-electron chi connectivity index (χ3n) is 5.47. The molecule has 0 spiro atoms. The first kappa shape index (κ1) is 16.5. The highest BCUT2D eigenvalue weighted by Crippen LogP contribution is 2.29. The van der Waals surface area contributed by atoms with Crippen molar-refractivity contribution in [3.05, 3.63) is 17.5 Å². The Morgan fingerprint density at radius 2 is 2.30 bits per heavy atom. The van der Waals surface area contributed by atoms with Gasteiger partial charge >= 0.3 is 0 Å². The van der Waals surface area contributed by atoms with Gasteiger partial charge in [-0.05, 0) is 44.3 Å². The molecule has 128 valence electrons. The van der Waals surface area contributed by atoms with Crippen LogP contribution in [0.1, 0.15) is 30.5 Å². The lowest BCUT2D eigenvalue weighted by atomic mass is 9.79. The Hall–Kier alpha value is -1.40. The third-order valence-corrected chi connectivity index (χ3v) is 5.47. The van der Waals surface area contributed by atoms with E-state index in [1.807, 2.05) is 17.9 Å². The molecule has 23 heavy (non-hydrogen) atoms. The number of methoxy groups -OCH3 is 1. The molecule has 1 aromatic rings. The minimum atomic E-state index is 0.0687. The second kappa shape index (κ2) is 7.01. The van der Waals surface area contributed by atoms with Gasteiger partial charge in [-0.1, -0.05) is 0 Å². The maximum absolute atomic E-state index is 12.6. The van der Waals surface area contributed by atoms with Crippen molar-refractivity contribution in [2.45, 2.75) is 32.1 Å². The number of rotatable bonds is 5. The van der Waals surface area contributed by atoms with E-state index in [1.54, 1.807) is 7.11 Å². The molecule has 2 aliphatic rings. The van der Waals surface area contributed by atoms with Crippen molar-refractivity contribution in [3.63, 3.8) is 0 Å². The monoisotopic (exact) mass is 320 g/mol.